The van der Waals surface area contributed by atoms with Crippen LogP contribution in [0.5, 0.6) is 0 Å². The molecule has 0 aromatic heterocycles. The Morgan fingerprint density at radius 2 is 2.14 bits per heavy atom. The van der Waals surface area contributed by atoms with Crippen LogP contribution in [0.3, 0.4) is 0 Å². The van der Waals surface area contributed by atoms with Crippen molar-refractivity contribution in [3.8, 4) is 0 Å². The summed E-state index contributed by atoms with van der Waals surface area (Å²) in [6.07, 6.45) is 1.93. The third-order valence-corrected chi connectivity index (χ3v) is 2.37. The van der Waals surface area contributed by atoms with Crippen molar-refractivity contribution >= 4 is 5.97 Å². The van der Waals surface area contributed by atoms with Crippen LogP contribution in [0.4, 0.5) is 0 Å². The highest BCUT2D eigenvalue weighted by atomic mass is 16.5. The summed E-state index contributed by atoms with van der Waals surface area (Å²) in [4.78, 5) is 13.4. The number of hydrogen-bond donors (Lipinski definition) is 1. The van der Waals surface area contributed by atoms with Gasteiger partial charge in [-0.2, -0.15) is 0 Å². The highest BCUT2D eigenvalue weighted by Gasteiger charge is 2.08. The Morgan fingerprint density at radius 3 is 2.71 bits per heavy atom. The predicted molar refractivity (Wildman–Crippen MR) is 55.1 cm³/mol. The molecule has 14 heavy (non-hydrogen) atoms. The van der Waals surface area contributed by atoms with Gasteiger partial charge in [0, 0.05) is 38.3 Å². The van der Waals surface area contributed by atoms with Crippen LogP contribution in [0.2, 0.25) is 0 Å². The van der Waals surface area contributed by atoms with Crippen LogP contribution in [0, 0.1) is 0 Å². The number of nitrogens with zero attached hydrogens (tertiary/aromatic N) is 1. The summed E-state index contributed by atoms with van der Waals surface area (Å²) in [5.74, 6) is -0.236. The van der Waals surface area contributed by atoms with Crippen molar-refractivity contribution < 1.29 is 9.53 Å². The number of esters is 1. The zero-order chi connectivity index (χ0) is 10.4. The first kappa shape index (κ1) is 11.2. The van der Waals surface area contributed by atoms with Crippen molar-refractivity contribution in [2.24, 2.45) is 0 Å². The normalized spacial score (nSPS) is 19.4. The molecule has 1 aliphatic rings. The lowest BCUT2D eigenvalue weighted by atomic mass is 10.2. The Balaban J connectivity index is 2.33. The number of hydrogen-bond acceptors (Lipinski definition) is 4. The smallest absolute Gasteiger partial charge is 0.333 e. The fourth-order valence-electron chi connectivity index (χ4n) is 1.40. The molecule has 1 heterocycles. The van der Waals surface area contributed by atoms with Gasteiger partial charge < -0.3 is 10.1 Å². The largest absolute Gasteiger partial charge is 0.466 e. The van der Waals surface area contributed by atoms with Gasteiger partial charge in [0.15, 0.2) is 0 Å². The van der Waals surface area contributed by atoms with Gasteiger partial charge in [0.25, 0.3) is 0 Å². The Hall–Kier alpha value is -0.870. The molecule has 1 aliphatic heterocycles. The monoisotopic (exact) mass is 198 g/mol. The van der Waals surface area contributed by atoms with Crippen molar-refractivity contribution in [2.45, 2.75) is 6.92 Å². The van der Waals surface area contributed by atoms with Crippen LogP contribution >= 0.6 is 0 Å². The van der Waals surface area contributed by atoms with Gasteiger partial charge in [-0.1, -0.05) is 6.08 Å². The standard InChI is InChI=1S/C10H18N2O2/c1-9(10(13)14-2)3-6-12-7-4-11-5-8-12/h3,11H,4-8H2,1-2H3. The van der Waals surface area contributed by atoms with Crippen LogP contribution in [-0.4, -0.2) is 50.7 Å². The van der Waals surface area contributed by atoms with Crippen molar-refractivity contribution in [3.63, 3.8) is 0 Å². The molecule has 1 rings (SSSR count). The molecule has 80 valence electrons. The van der Waals surface area contributed by atoms with E-state index in [1.807, 2.05) is 6.08 Å². The molecule has 0 atom stereocenters. The number of ether oxygens (including phenoxy) is 1. The first-order valence-corrected chi connectivity index (χ1v) is 4.92. The molecule has 1 fully saturated rings. The van der Waals surface area contributed by atoms with Gasteiger partial charge in [0.1, 0.15) is 0 Å². The molecule has 0 bridgehead atoms. The van der Waals surface area contributed by atoms with Crippen molar-refractivity contribution in [1.29, 1.82) is 0 Å². The third kappa shape index (κ3) is 3.47. The van der Waals surface area contributed by atoms with Crippen molar-refractivity contribution in [3.05, 3.63) is 11.6 Å². The maximum atomic E-state index is 11.1. The summed E-state index contributed by atoms with van der Waals surface area (Å²) in [7, 11) is 1.41. The van der Waals surface area contributed by atoms with E-state index in [1.165, 1.54) is 7.11 Å². The Bertz CT molecular complexity index is 220. The molecule has 4 nitrogen and oxygen atoms in total. The Labute approximate surface area is 84.9 Å². The number of nitrogens with one attached hydrogen (secondary N) is 1. The molecule has 0 saturated carbocycles. The van der Waals surface area contributed by atoms with Crippen molar-refractivity contribution in [2.75, 3.05) is 39.8 Å². The average molecular weight is 198 g/mol. The zero-order valence-electron chi connectivity index (χ0n) is 8.88. The minimum Gasteiger partial charge on any atom is -0.466 e. The molecule has 0 aromatic carbocycles. The molecule has 0 spiro atoms. The SMILES string of the molecule is COC(=O)C(C)=CCN1CCNCC1. The molecule has 0 aromatic rings. The Kier molecular flexibility index (Phi) is 4.62. The lowest BCUT2D eigenvalue weighted by Gasteiger charge is -2.25. The van der Waals surface area contributed by atoms with E-state index in [2.05, 4.69) is 15.0 Å². The van der Waals surface area contributed by atoms with Crippen LogP contribution in [0.25, 0.3) is 0 Å². The van der Waals surface area contributed by atoms with E-state index in [0.29, 0.717) is 5.57 Å². The molecular weight excluding hydrogens is 180 g/mol. The first-order valence-electron chi connectivity index (χ1n) is 4.92. The second-order valence-electron chi connectivity index (χ2n) is 3.43. The molecule has 0 radical (unpaired) electrons. The van der Waals surface area contributed by atoms with Crippen LogP contribution < -0.4 is 5.32 Å². The lowest BCUT2D eigenvalue weighted by Crippen LogP contribution is -2.43. The third-order valence-electron chi connectivity index (χ3n) is 2.37. The summed E-state index contributed by atoms with van der Waals surface area (Å²) in [5, 5.41) is 3.28. The number of methoxy groups -OCH3 is 1. The molecule has 4 heteroatoms. The second-order valence-corrected chi connectivity index (χ2v) is 3.43. The number of rotatable bonds is 3. The first-order chi connectivity index (χ1) is 6.74. The second kappa shape index (κ2) is 5.78. The Morgan fingerprint density at radius 1 is 1.50 bits per heavy atom. The van der Waals surface area contributed by atoms with Gasteiger partial charge in [-0.15, -0.1) is 0 Å². The highest BCUT2D eigenvalue weighted by molar-refractivity contribution is 5.87. The maximum Gasteiger partial charge on any atom is 0.333 e. The number of carbonyl (C=O) groups is 1. The van der Waals surface area contributed by atoms with E-state index >= 15 is 0 Å². The number of piperazine rings is 1. The molecule has 0 aliphatic carbocycles. The summed E-state index contributed by atoms with van der Waals surface area (Å²) >= 11 is 0. The summed E-state index contributed by atoms with van der Waals surface area (Å²) in [6, 6.07) is 0. The van der Waals surface area contributed by atoms with Crippen molar-refractivity contribution in [1.82, 2.24) is 10.2 Å². The topological polar surface area (TPSA) is 41.6 Å². The predicted octanol–water partition coefficient (Wildman–Crippen LogP) is 0.0109. The van der Waals surface area contributed by atoms with Gasteiger partial charge in [0.2, 0.25) is 0 Å². The van der Waals surface area contributed by atoms with Gasteiger partial charge in [-0.3, -0.25) is 4.90 Å². The maximum absolute atomic E-state index is 11.1. The van der Waals surface area contributed by atoms with Crippen LogP contribution in [0.15, 0.2) is 11.6 Å². The minimum atomic E-state index is -0.236. The van der Waals surface area contributed by atoms with E-state index in [0.717, 1.165) is 32.7 Å². The summed E-state index contributed by atoms with van der Waals surface area (Å²) in [6.45, 7) is 6.78. The quantitative estimate of drug-likeness (QED) is 0.512. The van der Waals surface area contributed by atoms with E-state index in [-0.39, 0.29) is 5.97 Å². The zero-order valence-corrected chi connectivity index (χ0v) is 8.88. The van der Waals surface area contributed by atoms with Gasteiger partial charge >= 0.3 is 5.97 Å². The number of carbonyl (C=O) groups excluding carboxylic acids is 1. The molecular formula is C10H18N2O2. The molecule has 0 amide bonds. The lowest BCUT2D eigenvalue weighted by molar-refractivity contribution is -0.136. The summed E-state index contributed by atoms with van der Waals surface area (Å²) in [5.41, 5.74) is 0.686. The van der Waals surface area contributed by atoms with E-state index in [4.69, 9.17) is 0 Å². The van der Waals surface area contributed by atoms with Crippen LogP contribution in [0.1, 0.15) is 6.92 Å². The fourth-order valence-corrected chi connectivity index (χ4v) is 1.40. The molecule has 0 unspecified atom stereocenters. The van der Waals surface area contributed by atoms with Gasteiger partial charge in [0.05, 0.1) is 7.11 Å². The van der Waals surface area contributed by atoms with E-state index in [1.54, 1.807) is 6.92 Å². The molecule has 1 N–H and O–H groups in total. The van der Waals surface area contributed by atoms with Gasteiger partial charge in [-0.05, 0) is 6.92 Å². The fraction of sp³-hybridized carbons (Fsp3) is 0.700. The molecule has 1 saturated heterocycles. The average Bonchev–Trinajstić information content (AvgIpc) is 2.26. The van der Waals surface area contributed by atoms with Gasteiger partial charge in [-0.25, -0.2) is 4.79 Å². The summed E-state index contributed by atoms with van der Waals surface area (Å²) < 4.78 is 4.61. The van der Waals surface area contributed by atoms with E-state index in [9.17, 15) is 4.79 Å². The van der Waals surface area contributed by atoms with E-state index < -0.39 is 0 Å². The minimum absolute atomic E-state index is 0.236. The van der Waals surface area contributed by atoms with Crippen LogP contribution in [-0.2, 0) is 9.53 Å². The highest BCUT2D eigenvalue weighted by Crippen LogP contribution is 1.98.